The molecule has 2 aromatic carbocycles. The molecule has 198 valence electrons. The second kappa shape index (κ2) is 11.6. The SMILES string of the molecule is CCCOc1cccc(C(O)=C2C(=O)C(=O)N(c3nc(C)c(C(=O)OCC)s3)C2c2ccc(CC)cc2)c1. The van der Waals surface area contributed by atoms with E-state index >= 15 is 0 Å². The van der Waals surface area contributed by atoms with E-state index in [0.717, 1.165) is 29.7 Å². The number of anilines is 1. The molecule has 1 atom stereocenters. The van der Waals surface area contributed by atoms with Crippen molar-refractivity contribution in [1.29, 1.82) is 0 Å². The highest BCUT2D eigenvalue weighted by atomic mass is 32.1. The van der Waals surface area contributed by atoms with Gasteiger partial charge in [0, 0.05) is 5.56 Å². The number of carbonyl (C=O) groups is 3. The van der Waals surface area contributed by atoms with Crippen LogP contribution in [-0.2, 0) is 20.7 Å². The maximum absolute atomic E-state index is 13.4. The zero-order valence-electron chi connectivity index (χ0n) is 21.8. The number of amides is 1. The van der Waals surface area contributed by atoms with Crippen LogP contribution in [0.1, 0.15) is 65.3 Å². The zero-order chi connectivity index (χ0) is 27.4. The van der Waals surface area contributed by atoms with Gasteiger partial charge in [-0.05, 0) is 49.9 Å². The molecule has 2 heterocycles. The molecule has 9 heteroatoms. The maximum atomic E-state index is 13.4. The number of aliphatic hydroxyl groups is 1. The van der Waals surface area contributed by atoms with Gasteiger partial charge in [0.25, 0.3) is 5.78 Å². The quantitative estimate of drug-likeness (QED) is 0.165. The van der Waals surface area contributed by atoms with Gasteiger partial charge in [-0.1, -0.05) is 61.6 Å². The van der Waals surface area contributed by atoms with E-state index in [-0.39, 0.29) is 27.9 Å². The van der Waals surface area contributed by atoms with Crippen molar-refractivity contribution < 1.29 is 29.0 Å². The number of hydrogen-bond donors (Lipinski definition) is 1. The second-order valence-corrected chi connectivity index (χ2v) is 9.75. The Labute approximate surface area is 225 Å². The molecule has 8 nitrogen and oxygen atoms in total. The first-order valence-corrected chi connectivity index (χ1v) is 13.4. The molecule has 1 aliphatic heterocycles. The van der Waals surface area contributed by atoms with Crippen LogP contribution in [0.4, 0.5) is 5.13 Å². The third-order valence-electron chi connectivity index (χ3n) is 6.18. The Balaban J connectivity index is 1.87. The summed E-state index contributed by atoms with van der Waals surface area (Å²) in [7, 11) is 0. The summed E-state index contributed by atoms with van der Waals surface area (Å²) in [5.41, 5.74) is 2.41. The monoisotopic (exact) mass is 534 g/mol. The Morgan fingerprint density at radius 1 is 1.11 bits per heavy atom. The van der Waals surface area contributed by atoms with E-state index in [4.69, 9.17) is 9.47 Å². The van der Waals surface area contributed by atoms with Crippen LogP contribution in [0.3, 0.4) is 0 Å². The number of aliphatic hydroxyl groups excluding tert-OH is 1. The van der Waals surface area contributed by atoms with Crippen molar-refractivity contribution in [2.45, 2.75) is 46.6 Å². The number of Topliss-reactive ketones (excluding diaryl/α,β-unsaturated/α-hetero) is 1. The van der Waals surface area contributed by atoms with Gasteiger partial charge in [-0.3, -0.25) is 14.5 Å². The molecule has 1 aliphatic rings. The van der Waals surface area contributed by atoms with Gasteiger partial charge >= 0.3 is 11.9 Å². The van der Waals surface area contributed by atoms with E-state index in [2.05, 4.69) is 4.98 Å². The van der Waals surface area contributed by atoms with E-state index < -0.39 is 23.7 Å². The molecule has 0 saturated carbocycles. The number of ether oxygens (including phenoxy) is 2. The van der Waals surface area contributed by atoms with E-state index in [9.17, 15) is 19.5 Å². The standard InChI is InChI=1S/C29H30N2O6S/c1-5-15-37-21-10-8-9-20(16-21)24(32)22-23(19-13-11-18(6-2)12-14-19)31(27(34)25(22)33)29-30-17(4)26(38-29)28(35)36-7-3/h8-14,16,23,32H,5-7,15H2,1-4H3. The topological polar surface area (TPSA) is 106 Å². The first-order valence-electron chi connectivity index (χ1n) is 12.6. The van der Waals surface area contributed by atoms with Gasteiger partial charge in [0.05, 0.1) is 30.5 Å². The van der Waals surface area contributed by atoms with Crippen molar-refractivity contribution in [2.24, 2.45) is 0 Å². The fraction of sp³-hybridized carbons (Fsp3) is 0.310. The zero-order valence-corrected chi connectivity index (χ0v) is 22.6. The Bertz CT molecular complexity index is 1390. The molecule has 3 aromatic rings. The molecule has 0 aliphatic carbocycles. The van der Waals surface area contributed by atoms with Crippen LogP contribution >= 0.6 is 11.3 Å². The minimum atomic E-state index is -0.943. The normalized spacial score (nSPS) is 16.6. The minimum absolute atomic E-state index is 0.0579. The first kappa shape index (κ1) is 27.1. The van der Waals surface area contributed by atoms with Crippen molar-refractivity contribution in [2.75, 3.05) is 18.1 Å². The van der Waals surface area contributed by atoms with E-state index in [1.165, 1.54) is 4.90 Å². The summed E-state index contributed by atoms with van der Waals surface area (Å²) < 4.78 is 10.8. The van der Waals surface area contributed by atoms with Crippen molar-refractivity contribution in [3.05, 3.63) is 81.4 Å². The summed E-state index contributed by atoms with van der Waals surface area (Å²) in [4.78, 5) is 45.3. The van der Waals surface area contributed by atoms with Gasteiger partial charge in [-0.15, -0.1) is 0 Å². The van der Waals surface area contributed by atoms with Gasteiger partial charge in [0.1, 0.15) is 16.4 Å². The molecule has 0 radical (unpaired) electrons. The molecule has 0 bridgehead atoms. The molecule has 1 aromatic heterocycles. The molecule has 1 unspecified atom stereocenters. The third kappa shape index (κ3) is 5.19. The van der Waals surface area contributed by atoms with Crippen LogP contribution in [0.25, 0.3) is 5.76 Å². The molecule has 1 amide bonds. The number of ketones is 1. The highest BCUT2D eigenvalue weighted by Gasteiger charge is 2.48. The highest BCUT2D eigenvalue weighted by Crippen LogP contribution is 2.44. The van der Waals surface area contributed by atoms with Crippen molar-refractivity contribution in [3.63, 3.8) is 0 Å². The van der Waals surface area contributed by atoms with Crippen LogP contribution < -0.4 is 9.64 Å². The maximum Gasteiger partial charge on any atom is 0.350 e. The molecule has 1 saturated heterocycles. The molecule has 0 spiro atoms. The van der Waals surface area contributed by atoms with Crippen LogP contribution in [-0.4, -0.2) is 41.0 Å². The third-order valence-corrected chi connectivity index (χ3v) is 7.32. The Morgan fingerprint density at radius 2 is 1.84 bits per heavy atom. The summed E-state index contributed by atoms with van der Waals surface area (Å²) >= 11 is 0.981. The number of hydrogen-bond acceptors (Lipinski definition) is 8. The lowest BCUT2D eigenvalue weighted by molar-refractivity contribution is -0.132. The number of esters is 1. The minimum Gasteiger partial charge on any atom is -0.507 e. The van der Waals surface area contributed by atoms with Crippen LogP contribution in [0.2, 0.25) is 0 Å². The summed E-state index contributed by atoms with van der Waals surface area (Å²) in [5.74, 6) is -1.98. The lowest BCUT2D eigenvalue weighted by atomic mass is 9.94. The molecule has 1 N–H and O–H groups in total. The molecular formula is C29H30N2O6S. The number of benzene rings is 2. The van der Waals surface area contributed by atoms with Crippen LogP contribution in [0, 0.1) is 6.92 Å². The van der Waals surface area contributed by atoms with Gasteiger partial charge < -0.3 is 14.6 Å². The summed E-state index contributed by atoms with van der Waals surface area (Å²) in [6.07, 6.45) is 1.63. The Kier molecular flexibility index (Phi) is 8.26. The highest BCUT2D eigenvalue weighted by molar-refractivity contribution is 7.17. The number of thiazole rings is 1. The fourth-order valence-electron chi connectivity index (χ4n) is 4.26. The molecule has 4 rings (SSSR count). The Hall–Kier alpha value is -3.98. The van der Waals surface area contributed by atoms with E-state index in [1.807, 2.05) is 38.1 Å². The van der Waals surface area contributed by atoms with E-state index in [1.54, 1.807) is 38.1 Å². The van der Waals surface area contributed by atoms with Gasteiger partial charge in [-0.2, -0.15) is 0 Å². The molecule has 1 fully saturated rings. The number of rotatable bonds is 9. The predicted octanol–water partition coefficient (Wildman–Crippen LogP) is 5.61. The number of aryl methyl sites for hydroxylation is 2. The van der Waals surface area contributed by atoms with E-state index in [0.29, 0.717) is 29.2 Å². The summed E-state index contributed by atoms with van der Waals surface area (Å²) in [6, 6.07) is 13.4. The summed E-state index contributed by atoms with van der Waals surface area (Å²) in [5, 5.41) is 11.6. The van der Waals surface area contributed by atoms with Crippen LogP contribution in [0.15, 0.2) is 54.1 Å². The number of nitrogens with zero attached hydrogens (tertiary/aromatic N) is 2. The average molecular weight is 535 g/mol. The number of aromatic nitrogens is 1. The van der Waals surface area contributed by atoms with Gasteiger partial charge in [0.15, 0.2) is 5.13 Å². The largest absolute Gasteiger partial charge is 0.507 e. The van der Waals surface area contributed by atoms with Crippen molar-refractivity contribution in [1.82, 2.24) is 4.98 Å². The predicted molar refractivity (Wildman–Crippen MR) is 146 cm³/mol. The Morgan fingerprint density at radius 3 is 2.50 bits per heavy atom. The smallest absolute Gasteiger partial charge is 0.350 e. The average Bonchev–Trinajstić information content (AvgIpc) is 3.43. The summed E-state index contributed by atoms with van der Waals surface area (Å²) in [6.45, 7) is 8.07. The first-order chi connectivity index (χ1) is 18.3. The molecule has 38 heavy (non-hydrogen) atoms. The van der Waals surface area contributed by atoms with Gasteiger partial charge in [0.2, 0.25) is 0 Å². The van der Waals surface area contributed by atoms with Gasteiger partial charge in [-0.25, -0.2) is 9.78 Å². The lowest BCUT2D eigenvalue weighted by Gasteiger charge is -2.23. The lowest BCUT2D eigenvalue weighted by Crippen LogP contribution is -2.29. The second-order valence-electron chi connectivity index (χ2n) is 8.77. The molecular weight excluding hydrogens is 504 g/mol. The fourth-order valence-corrected chi connectivity index (χ4v) is 5.25. The van der Waals surface area contributed by atoms with Crippen molar-refractivity contribution >= 4 is 39.9 Å². The number of carbonyl (C=O) groups excluding carboxylic acids is 3. The van der Waals surface area contributed by atoms with Crippen molar-refractivity contribution in [3.8, 4) is 5.75 Å². The van der Waals surface area contributed by atoms with Crippen LogP contribution in [0.5, 0.6) is 5.75 Å².